The molecule has 0 unspecified atom stereocenters. The summed E-state index contributed by atoms with van der Waals surface area (Å²) in [6, 6.07) is 79.1. The topological polar surface area (TPSA) is 38.9 Å². The lowest BCUT2D eigenvalue weighted by molar-refractivity contribution is 0.620. The Morgan fingerprint density at radius 3 is 1.18 bits per heavy atom. The summed E-state index contributed by atoms with van der Waals surface area (Å²) >= 11 is 0. The summed E-state index contributed by atoms with van der Waals surface area (Å²) in [5.41, 5.74) is 10.1. The summed E-state index contributed by atoms with van der Waals surface area (Å²) < 4.78 is 6.16. The fourth-order valence-corrected chi connectivity index (χ4v) is 10.6. The van der Waals surface area contributed by atoms with Crippen molar-refractivity contribution < 1.29 is 4.42 Å². The quantitative estimate of drug-likeness (QED) is 0.166. The van der Waals surface area contributed by atoms with Crippen molar-refractivity contribution in [2.45, 2.75) is 0 Å². The third-order valence-corrected chi connectivity index (χ3v) is 13.7. The van der Waals surface area contributed by atoms with E-state index in [9.17, 15) is 0 Å². The molecule has 0 spiro atoms. The first-order chi connectivity index (χ1) is 32.2. The van der Waals surface area contributed by atoms with E-state index in [0.717, 1.165) is 55.3 Å². The molecule has 0 saturated carbocycles. The molecular weight excluding hydrogens is 789 g/mol. The van der Waals surface area contributed by atoms with Crippen LogP contribution in [-0.2, 0) is 0 Å². The van der Waals surface area contributed by atoms with Gasteiger partial charge in [-0.05, 0) is 141 Å². The van der Waals surface area contributed by atoms with Gasteiger partial charge in [-0.2, -0.15) is 0 Å². The van der Waals surface area contributed by atoms with Crippen molar-refractivity contribution in [2.75, 3.05) is 0 Å². The zero-order valence-corrected chi connectivity index (χ0v) is 35.1. The number of nitrogens with zero attached hydrogens (tertiary/aromatic N) is 2. The van der Waals surface area contributed by atoms with E-state index in [2.05, 4.69) is 194 Å². The molecule has 3 heteroatoms. The lowest BCUT2D eigenvalue weighted by Crippen LogP contribution is -1.94. The minimum Gasteiger partial charge on any atom is -0.436 e. The van der Waals surface area contributed by atoms with Crippen LogP contribution in [0.1, 0.15) is 0 Å². The molecule has 0 N–H and O–H groups in total. The SMILES string of the molecule is c1ccc2oc(-c3ccc(-c4cc(-c5ccc6c7ccccc7c7ccccc7c6c5)c5cc(-c6ccc7c8ccccc8c8ccccc8c7c6)c6ccccc6c5n4)cc3)nc2c1. The largest absolute Gasteiger partial charge is 0.436 e. The summed E-state index contributed by atoms with van der Waals surface area (Å²) in [5.74, 6) is 0.606. The lowest BCUT2D eigenvalue weighted by atomic mass is 9.88. The van der Waals surface area contributed by atoms with Gasteiger partial charge in [0.05, 0.1) is 11.2 Å². The number of rotatable bonds is 4. The minimum absolute atomic E-state index is 0.606. The standard InChI is InChI=1S/C62H36N2O/c1-3-17-45-41(13-1)43-15-5-7-19-47(43)55-33-39(29-31-50(45)55)53-35-57-54(40-30-32-51-46-18-4-2-14-42(46)44-16-6-8-20-48(44)56(51)34-40)36-59(63-61(57)52-22-10-9-21-49(52)53)37-25-27-38(28-26-37)62-64-58-23-11-12-24-60(58)65-62/h1-36H. The summed E-state index contributed by atoms with van der Waals surface area (Å²) in [7, 11) is 0. The Bertz CT molecular complexity index is 4190. The van der Waals surface area contributed by atoms with E-state index in [4.69, 9.17) is 14.4 Å². The van der Waals surface area contributed by atoms with Gasteiger partial charge >= 0.3 is 0 Å². The third kappa shape index (κ3) is 5.49. The molecule has 0 aliphatic rings. The summed E-state index contributed by atoms with van der Waals surface area (Å²) in [5, 5.41) is 18.5. The van der Waals surface area contributed by atoms with Crippen LogP contribution in [0, 0.1) is 0 Å². The second kappa shape index (κ2) is 13.9. The zero-order chi connectivity index (χ0) is 42.6. The van der Waals surface area contributed by atoms with Crippen LogP contribution in [0.5, 0.6) is 0 Å². The number of hydrogen-bond donors (Lipinski definition) is 0. The number of oxazole rings is 1. The van der Waals surface area contributed by atoms with Gasteiger partial charge in [-0.15, -0.1) is 0 Å². The molecule has 14 aromatic rings. The van der Waals surface area contributed by atoms with Gasteiger partial charge < -0.3 is 4.42 Å². The first kappa shape index (κ1) is 35.9. The molecule has 3 nitrogen and oxygen atoms in total. The maximum atomic E-state index is 6.16. The Balaban J connectivity index is 1.04. The van der Waals surface area contributed by atoms with Crippen LogP contribution < -0.4 is 0 Å². The molecule has 0 atom stereocenters. The minimum atomic E-state index is 0.606. The van der Waals surface area contributed by atoms with Crippen LogP contribution in [0.4, 0.5) is 0 Å². The number of fused-ring (bicyclic) bond motifs is 16. The van der Waals surface area contributed by atoms with E-state index in [1.165, 1.54) is 81.1 Å². The van der Waals surface area contributed by atoms with Gasteiger partial charge in [0.2, 0.25) is 5.89 Å². The van der Waals surface area contributed by atoms with Gasteiger partial charge in [0, 0.05) is 21.9 Å². The van der Waals surface area contributed by atoms with Crippen molar-refractivity contribution in [1.82, 2.24) is 9.97 Å². The first-order valence-electron chi connectivity index (χ1n) is 22.2. The molecule has 0 aliphatic heterocycles. The molecule has 300 valence electrons. The molecule has 0 amide bonds. The van der Waals surface area contributed by atoms with Gasteiger partial charge in [0.25, 0.3) is 0 Å². The molecule has 0 radical (unpaired) electrons. The van der Waals surface area contributed by atoms with E-state index in [1.54, 1.807) is 0 Å². The molecule has 0 fully saturated rings. The van der Waals surface area contributed by atoms with Crippen molar-refractivity contribution in [1.29, 1.82) is 0 Å². The first-order valence-corrected chi connectivity index (χ1v) is 22.2. The Morgan fingerprint density at radius 2 is 0.662 bits per heavy atom. The predicted molar refractivity (Wildman–Crippen MR) is 274 cm³/mol. The summed E-state index contributed by atoms with van der Waals surface area (Å²) in [6.07, 6.45) is 0. The van der Waals surface area contributed by atoms with E-state index in [1.807, 2.05) is 24.3 Å². The van der Waals surface area contributed by atoms with Gasteiger partial charge in [0.1, 0.15) is 5.52 Å². The van der Waals surface area contributed by atoms with Crippen LogP contribution >= 0.6 is 0 Å². The average Bonchev–Trinajstić information content (AvgIpc) is 3.83. The molecule has 2 heterocycles. The van der Waals surface area contributed by atoms with Crippen LogP contribution in [-0.4, -0.2) is 9.97 Å². The molecule has 0 saturated heterocycles. The van der Waals surface area contributed by atoms with Gasteiger partial charge in [-0.3, -0.25) is 0 Å². The van der Waals surface area contributed by atoms with Crippen molar-refractivity contribution in [3.05, 3.63) is 218 Å². The van der Waals surface area contributed by atoms with Crippen molar-refractivity contribution >= 4 is 97.4 Å². The number of aromatic nitrogens is 2. The van der Waals surface area contributed by atoms with E-state index in [0.29, 0.717) is 5.89 Å². The molecule has 0 aliphatic carbocycles. The Kier molecular flexibility index (Phi) is 7.69. The summed E-state index contributed by atoms with van der Waals surface area (Å²) in [6.45, 7) is 0. The number of para-hydroxylation sites is 2. The van der Waals surface area contributed by atoms with Crippen molar-refractivity contribution in [3.8, 4) is 45.0 Å². The van der Waals surface area contributed by atoms with Crippen LogP contribution in [0.25, 0.3) is 142 Å². The highest BCUT2D eigenvalue weighted by Crippen LogP contribution is 2.44. The Labute approximate surface area is 373 Å². The average molecular weight is 825 g/mol. The Hall–Kier alpha value is -8.66. The van der Waals surface area contributed by atoms with E-state index in [-0.39, 0.29) is 0 Å². The van der Waals surface area contributed by atoms with Crippen molar-refractivity contribution in [2.24, 2.45) is 0 Å². The van der Waals surface area contributed by atoms with Crippen LogP contribution in [0.2, 0.25) is 0 Å². The highest BCUT2D eigenvalue weighted by Gasteiger charge is 2.19. The fraction of sp³-hybridized carbons (Fsp3) is 0. The molecule has 2 aromatic heterocycles. The normalized spacial score (nSPS) is 12.0. The molecule has 65 heavy (non-hydrogen) atoms. The monoisotopic (exact) mass is 824 g/mol. The van der Waals surface area contributed by atoms with Gasteiger partial charge in [-0.1, -0.05) is 170 Å². The Morgan fingerprint density at radius 1 is 0.262 bits per heavy atom. The van der Waals surface area contributed by atoms with Crippen LogP contribution in [0.15, 0.2) is 223 Å². The van der Waals surface area contributed by atoms with Gasteiger partial charge in [-0.25, -0.2) is 9.97 Å². The molecular formula is C62H36N2O. The highest BCUT2D eigenvalue weighted by molar-refractivity contribution is 6.28. The molecule has 0 bridgehead atoms. The predicted octanol–water partition coefficient (Wildman–Crippen LogP) is 17.1. The maximum Gasteiger partial charge on any atom is 0.227 e. The lowest BCUT2D eigenvalue weighted by Gasteiger charge is -2.17. The second-order valence-corrected chi connectivity index (χ2v) is 17.2. The smallest absolute Gasteiger partial charge is 0.227 e. The molecule has 12 aromatic carbocycles. The zero-order valence-electron chi connectivity index (χ0n) is 35.1. The molecule has 14 rings (SSSR count). The number of benzene rings is 12. The van der Waals surface area contributed by atoms with Crippen LogP contribution in [0.3, 0.4) is 0 Å². The highest BCUT2D eigenvalue weighted by atomic mass is 16.3. The van der Waals surface area contributed by atoms with Gasteiger partial charge in [0.15, 0.2) is 5.58 Å². The third-order valence-electron chi connectivity index (χ3n) is 13.7. The number of hydrogen-bond acceptors (Lipinski definition) is 3. The van der Waals surface area contributed by atoms with E-state index < -0.39 is 0 Å². The summed E-state index contributed by atoms with van der Waals surface area (Å²) in [4.78, 5) is 10.3. The maximum absolute atomic E-state index is 6.16. The number of pyridine rings is 1. The second-order valence-electron chi connectivity index (χ2n) is 17.2. The van der Waals surface area contributed by atoms with E-state index >= 15 is 0 Å². The van der Waals surface area contributed by atoms with Crippen molar-refractivity contribution in [3.63, 3.8) is 0 Å². The fourth-order valence-electron chi connectivity index (χ4n) is 10.6.